The summed E-state index contributed by atoms with van der Waals surface area (Å²) in [6.07, 6.45) is 13.6. The number of hydrogen-bond acceptors (Lipinski definition) is 0. The monoisotopic (exact) mass is 354 g/mol. The van der Waals surface area contributed by atoms with Crippen LogP contribution in [0.4, 0.5) is 0 Å². The summed E-state index contributed by atoms with van der Waals surface area (Å²) in [7, 11) is 0. The molecule has 1 aliphatic heterocycles. The Balaban J connectivity index is 2.31. The van der Waals surface area contributed by atoms with Crippen LogP contribution in [0, 0.1) is 0 Å². The summed E-state index contributed by atoms with van der Waals surface area (Å²) in [4.78, 5) is 2.26. The van der Waals surface area contributed by atoms with Gasteiger partial charge in [0, 0.05) is 0 Å². The van der Waals surface area contributed by atoms with E-state index in [1.165, 1.54) is 26.7 Å². The van der Waals surface area contributed by atoms with Crippen LogP contribution in [-0.4, -0.2) is 15.0 Å². The molecular weight excluding hydrogens is 331 g/mol. The number of allylic oxidation sites excluding steroid dienone is 9. The van der Waals surface area contributed by atoms with Crippen molar-refractivity contribution >= 4 is 30.6 Å². The zero-order valence-corrected chi connectivity index (χ0v) is 15.0. The fourth-order valence-electron chi connectivity index (χ4n) is 2.20. The molecule has 1 aliphatic rings. The van der Waals surface area contributed by atoms with Gasteiger partial charge in [-0.3, -0.25) is 0 Å². The standard InChI is InChI=1S/C21H22Se/c1-5-16(2)10-8-12-18(4)20-14-9-13-19-17(3)11-6-7-15-22-21(19)20/h5-11,13-15H,3-4,12H2,1-2H3/b10-8?,11-6-,15-7-,16-5-. The maximum atomic E-state index is 4.30. The van der Waals surface area contributed by atoms with Gasteiger partial charge in [-0.2, -0.15) is 0 Å². The topological polar surface area (TPSA) is 0 Å². The van der Waals surface area contributed by atoms with Gasteiger partial charge < -0.3 is 0 Å². The molecule has 0 spiro atoms. The third-order valence-corrected chi connectivity index (χ3v) is 5.65. The van der Waals surface area contributed by atoms with E-state index in [9.17, 15) is 0 Å². The zero-order chi connectivity index (χ0) is 15.9. The van der Waals surface area contributed by atoms with Crippen LogP contribution in [0.15, 0.2) is 78.4 Å². The molecule has 112 valence electrons. The molecule has 0 saturated carbocycles. The van der Waals surface area contributed by atoms with E-state index in [-0.39, 0.29) is 0 Å². The Morgan fingerprint density at radius 1 is 1.27 bits per heavy atom. The molecule has 0 amide bonds. The molecule has 0 N–H and O–H groups in total. The van der Waals surface area contributed by atoms with Gasteiger partial charge in [0.15, 0.2) is 0 Å². The Morgan fingerprint density at radius 3 is 2.86 bits per heavy atom. The van der Waals surface area contributed by atoms with E-state index in [4.69, 9.17) is 0 Å². The van der Waals surface area contributed by atoms with Gasteiger partial charge >= 0.3 is 140 Å². The zero-order valence-electron chi connectivity index (χ0n) is 13.3. The summed E-state index contributed by atoms with van der Waals surface area (Å²) in [6.45, 7) is 12.7. The van der Waals surface area contributed by atoms with Crippen molar-refractivity contribution in [2.45, 2.75) is 20.3 Å². The van der Waals surface area contributed by atoms with Gasteiger partial charge in [-0.05, 0) is 0 Å². The third-order valence-electron chi connectivity index (χ3n) is 3.62. The van der Waals surface area contributed by atoms with Gasteiger partial charge in [-0.1, -0.05) is 0 Å². The van der Waals surface area contributed by atoms with Crippen LogP contribution in [0.1, 0.15) is 31.4 Å². The summed E-state index contributed by atoms with van der Waals surface area (Å²) >= 11 is 0.311. The van der Waals surface area contributed by atoms with Crippen molar-refractivity contribution in [2.75, 3.05) is 0 Å². The summed E-state index contributed by atoms with van der Waals surface area (Å²) in [5.74, 6) is 0. The van der Waals surface area contributed by atoms with Gasteiger partial charge in [0.1, 0.15) is 0 Å². The molecular formula is C21H22Se. The van der Waals surface area contributed by atoms with E-state index in [2.05, 4.69) is 86.6 Å². The van der Waals surface area contributed by atoms with Crippen molar-refractivity contribution in [1.29, 1.82) is 0 Å². The van der Waals surface area contributed by atoms with Gasteiger partial charge in [-0.25, -0.2) is 0 Å². The Bertz CT molecular complexity index is 697. The van der Waals surface area contributed by atoms with Crippen molar-refractivity contribution in [1.82, 2.24) is 0 Å². The average molecular weight is 353 g/mol. The molecule has 0 saturated heterocycles. The molecule has 0 unspecified atom stereocenters. The second-order valence-electron chi connectivity index (χ2n) is 5.26. The number of benzene rings is 1. The number of hydrogen-bond donors (Lipinski definition) is 0. The Labute approximate surface area is 140 Å². The molecule has 0 atom stereocenters. The third kappa shape index (κ3) is 4.10. The Morgan fingerprint density at radius 2 is 2.09 bits per heavy atom. The molecule has 0 nitrogen and oxygen atoms in total. The second-order valence-corrected chi connectivity index (χ2v) is 7.18. The van der Waals surface area contributed by atoms with Crippen molar-refractivity contribution < 1.29 is 0 Å². The molecule has 0 fully saturated rings. The molecule has 1 aromatic rings. The van der Waals surface area contributed by atoms with E-state index in [0.29, 0.717) is 15.0 Å². The molecule has 1 heterocycles. The van der Waals surface area contributed by atoms with E-state index < -0.39 is 0 Å². The van der Waals surface area contributed by atoms with Crippen LogP contribution in [0.3, 0.4) is 0 Å². The van der Waals surface area contributed by atoms with Gasteiger partial charge in [0.2, 0.25) is 0 Å². The Hall–Kier alpha value is -1.82. The van der Waals surface area contributed by atoms with Crippen LogP contribution in [0.5, 0.6) is 0 Å². The van der Waals surface area contributed by atoms with Gasteiger partial charge in [0.25, 0.3) is 0 Å². The van der Waals surface area contributed by atoms with Crippen molar-refractivity contribution in [3.05, 3.63) is 89.5 Å². The van der Waals surface area contributed by atoms with E-state index in [1.54, 1.807) is 0 Å². The van der Waals surface area contributed by atoms with E-state index in [0.717, 1.165) is 12.0 Å². The molecule has 22 heavy (non-hydrogen) atoms. The van der Waals surface area contributed by atoms with Crippen molar-refractivity contribution in [2.24, 2.45) is 0 Å². The first kappa shape index (κ1) is 16.5. The van der Waals surface area contributed by atoms with E-state index >= 15 is 0 Å². The second kappa shape index (κ2) is 7.98. The fourth-order valence-corrected chi connectivity index (χ4v) is 4.24. The normalized spacial score (nSPS) is 17.7. The minimum atomic E-state index is 0.311. The molecule has 0 radical (unpaired) electrons. The summed E-state index contributed by atoms with van der Waals surface area (Å²) < 4.78 is 1.39. The molecule has 1 heteroatoms. The number of rotatable bonds is 4. The Kier molecular flexibility index (Phi) is 6.00. The SMILES string of the molecule is C=C1/C=C\C=C/[Se]c2c1cccc2C(=C)CC=C/C(C)=C\C. The minimum absolute atomic E-state index is 0.311. The number of fused-ring (bicyclic) bond motifs is 1. The van der Waals surface area contributed by atoms with Crippen molar-refractivity contribution in [3.8, 4) is 0 Å². The predicted octanol–water partition coefficient (Wildman–Crippen LogP) is 5.04. The van der Waals surface area contributed by atoms with E-state index in [1.807, 2.05) is 0 Å². The van der Waals surface area contributed by atoms with Crippen LogP contribution in [-0.2, 0) is 0 Å². The summed E-state index contributed by atoms with van der Waals surface area (Å²) in [6, 6.07) is 6.46. The van der Waals surface area contributed by atoms with Crippen LogP contribution < -0.4 is 4.46 Å². The van der Waals surface area contributed by atoms with Crippen molar-refractivity contribution in [3.63, 3.8) is 0 Å². The first-order valence-electron chi connectivity index (χ1n) is 7.43. The molecule has 1 aromatic carbocycles. The molecule has 0 aliphatic carbocycles. The van der Waals surface area contributed by atoms with Crippen LogP contribution in [0.2, 0.25) is 0 Å². The van der Waals surface area contributed by atoms with Gasteiger partial charge in [0.05, 0.1) is 0 Å². The van der Waals surface area contributed by atoms with Gasteiger partial charge in [-0.15, -0.1) is 0 Å². The fraction of sp³-hybridized carbons (Fsp3) is 0.143. The maximum absolute atomic E-state index is 4.30. The summed E-state index contributed by atoms with van der Waals surface area (Å²) in [5, 5.41) is 0. The molecule has 0 aromatic heterocycles. The van der Waals surface area contributed by atoms with Crippen LogP contribution in [0.25, 0.3) is 11.1 Å². The molecule has 0 bridgehead atoms. The first-order valence-corrected chi connectivity index (χ1v) is 9.28. The average Bonchev–Trinajstić information content (AvgIpc) is 2.51. The predicted molar refractivity (Wildman–Crippen MR) is 101 cm³/mol. The first-order chi connectivity index (χ1) is 10.6. The van der Waals surface area contributed by atoms with Crippen LogP contribution >= 0.6 is 0 Å². The summed E-state index contributed by atoms with van der Waals surface area (Å²) in [5.41, 5.74) is 6.07. The molecule has 2 rings (SSSR count). The quantitative estimate of drug-likeness (QED) is 0.526.